The zero-order valence-corrected chi connectivity index (χ0v) is 8.36. The molecule has 60 valence electrons. The molecule has 3 heteroatoms. The van der Waals surface area contributed by atoms with Gasteiger partial charge in [-0.25, -0.2) is 0 Å². The van der Waals surface area contributed by atoms with Crippen LogP contribution in [0.15, 0.2) is 0 Å². The Labute approximate surface area is 70.1 Å². The number of rotatable bonds is 1. The summed E-state index contributed by atoms with van der Waals surface area (Å²) < 4.78 is 4.55. The van der Waals surface area contributed by atoms with Gasteiger partial charge in [0.15, 0.2) is 0 Å². The SMILES string of the molecule is COC(=O)[C@@H](Br)C(C)(C)C. The van der Waals surface area contributed by atoms with Crippen molar-refractivity contribution in [1.82, 2.24) is 0 Å². The van der Waals surface area contributed by atoms with Crippen LogP contribution in [-0.2, 0) is 9.53 Å². The molecule has 0 aromatic rings. The smallest absolute Gasteiger partial charge is 0.319 e. The van der Waals surface area contributed by atoms with Crippen LogP contribution in [0.25, 0.3) is 0 Å². The van der Waals surface area contributed by atoms with E-state index in [4.69, 9.17) is 0 Å². The highest BCUT2D eigenvalue weighted by molar-refractivity contribution is 9.10. The maximum absolute atomic E-state index is 10.9. The summed E-state index contributed by atoms with van der Waals surface area (Å²) in [5, 5.41) is 0. The minimum atomic E-state index is -0.218. The Morgan fingerprint density at radius 1 is 1.50 bits per heavy atom. The average molecular weight is 209 g/mol. The highest BCUT2D eigenvalue weighted by Gasteiger charge is 2.29. The standard InChI is InChI=1S/C7H13BrO2/c1-7(2,3)5(8)6(9)10-4/h5H,1-4H3/t5-/m1/s1. The van der Waals surface area contributed by atoms with Crippen LogP contribution in [0.3, 0.4) is 0 Å². The summed E-state index contributed by atoms with van der Waals surface area (Å²) in [6, 6.07) is 0. The van der Waals surface area contributed by atoms with Crippen molar-refractivity contribution < 1.29 is 9.53 Å². The van der Waals surface area contributed by atoms with Crippen molar-refractivity contribution in [1.29, 1.82) is 0 Å². The molecule has 0 aliphatic rings. The van der Waals surface area contributed by atoms with Gasteiger partial charge in [-0.05, 0) is 5.41 Å². The molecule has 0 aliphatic heterocycles. The van der Waals surface area contributed by atoms with E-state index in [-0.39, 0.29) is 16.2 Å². The zero-order valence-electron chi connectivity index (χ0n) is 6.77. The Balaban J connectivity index is 4.08. The third kappa shape index (κ3) is 2.69. The number of ether oxygens (including phenoxy) is 1. The van der Waals surface area contributed by atoms with Gasteiger partial charge in [0, 0.05) is 0 Å². The Morgan fingerprint density at radius 3 is 2.00 bits per heavy atom. The van der Waals surface area contributed by atoms with E-state index in [0.29, 0.717) is 0 Å². The third-order valence-electron chi connectivity index (χ3n) is 1.17. The second-order valence-corrected chi connectivity index (χ2v) is 4.17. The first kappa shape index (κ1) is 9.95. The minimum absolute atomic E-state index is 0.0763. The monoisotopic (exact) mass is 208 g/mol. The molecular formula is C7H13BrO2. The van der Waals surface area contributed by atoms with Crippen molar-refractivity contribution in [3.63, 3.8) is 0 Å². The molecule has 0 spiro atoms. The molecule has 0 unspecified atom stereocenters. The van der Waals surface area contributed by atoms with Gasteiger partial charge in [-0.15, -0.1) is 0 Å². The fourth-order valence-electron chi connectivity index (χ4n) is 0.457. The van der Waals surface area contributed by atoms with Crippen LogP contribution in [0, 0.1) is 5.41 Å². The van der Waals surface area contributed by atoms with Crippen molar-refractivity contribution in [2.24, 2.45) is 5.41 Å². The van der Waals surface area contributed by atoms with Gasteiger partial charge >= 0.3 is 5.97 Å². The number of esters is 1. The molecule has 1 atom stereocenters. The summed E-state index contributed by atoms with van der Waals surface area (Å²) >= 11 is 3.25. The topological polar surface area (TPSA) is 26.3 Å². The molecule has 0 aromatic carbocycles. The van der Waals surface area contributed by atoms with Gasteiger partial charge in [-0.3, -0.25) is 4.79 Å². The lowest BCUT2D eigenvalue weighted by Crippen LogP contribution is -2.29. The molecule has 0 aliphatic carbocycles. The Hall–Kier alpha value is -0.0500. The number of halogens is 1. The molecule has 0 saturated carbocycles. The third-order valence-corrected chi connectivity index (χ3v) is 2.92. The molecule has 0 bridgehead atoms. The molecule has 0 aromatic heterocycles. The number of alkyl halides is 1. The molecule has 0 rings (SSSR count). The lowest BCUT2D eigenvalue weighted by atomic mass is 9.92. The lowest BCUT2D eigenvalue weighted by Gasteiger charge is -2.22. The van der Waals surface area contributed by atoms with Gasteiger partial charge in [0.2, 0.25) is 0 Å². The number of carbonyl (C=O) groups is 1. The van der Waals surface area contributed by atoms with E-state index in [1.807, 2.05) is 20.8 Å². The predicted octanol–water partition coefficient (Wildman–Crippen LogP) is 1.97. The molecule has 10 heavy (non-hydrogen) atoms. The first-order valence-corrected chi connectivity index (χ1v) is 4.03. The summed E-state index contributed by atoms with van der Waals surface area (Å²) in [6.45, 7) is 5.93. The van der Waals surface area contributed by atoms with Crippen molar-refractivity contribution in [2.45, 2.75) is 25.6 Å². The van der Waals surface area contributed by atoms with Gasteiger partial charge in [0.1, 0.15) is 4.83 Å². The first-order chi connectivity index (χ1) is 4.39. The molecule has 0 heterocycles. The summed E-state index contributed by atoms with van der Waals surface area (Å²) in [6.07, 6.45) is 0. The van der Waals surface area contributed by atoms with Gasteiger partial charge < -0.3 is 4.74 Å². The molecule has 0 fully saturated rings. The van der Waals surface area contributed by atoms with Crippen LogP contribution >= 0.6 is 15.9 Å². The number of hydrogen-bond acceptors (Lipinski definition) is 2. The predicted molar refractivity (Wildman–Crippen MR) is 44.2 cm³/mol. The van der Waals surface area contributed by atoms with E-state index >= 15 is 0 Å². The van der Waals surface area contributed by atoms with E-state index in [2.05, 4.69) is 20.7 Å². The van der Waals surface area contributed by atoms with Crippen LogP contribution < -0.4 is 0 Å². The maximum atomic E-state index is 10.9. The molecule has 0 saturated heterocycles. The van der Waals surface area contributed by atoms with Gasteiger partial charge in [0.25, 0.3) is 0 Å². The fourth-order valence-corrected chi connectivity index (χ4v) is 0.644. The summed E-state index contributed by atoms with van der Waals surface area (Å²) in [7, 11) is 1.39. The maximum Gasteiger partial charge on any atom is 0.319 e. The molecular weight excluding hydrogens is 196 g/mol. The fraction of sp³-hybridized carbons (Fsp3) is 0.857. The highest BCUT2D eigenvalue weighted by Crippen LogP contribution is 2.26. The van der Waals surface area contributed by atoms with Crippen molar-refractivity contribution in [3.05, 3.63) is 0 Å². The van der Waals surface area contributed by atoms with Gasteiger partial charge in [0.05, 0.1) is 7.11 Å². The second-order valence-electron chi connectivity index (χ2n) is 3.25. The number of hydrogen-bond donors (Lipinski definition) is 0. The quantitative estimate of drug-likeness (QED) is 0.487. The molecule has 2 nitrogen and oxygen atoms in total. The van der Waals surface area contributed by atoms with Crippen molar-refractivity contribution in [2.75, 3.05) is 7.11 Å². The largest absolute Gasteiger partial charge is 0.468 e. The minimum Gasteiger partial charge on any atom is -0.468 e. The second kappa shape index (κ2) is 3.37. The lowest BCUT2D eigenvalue weighted by molar-refractivity contribution is -0.141. The van der Waals surface area contributed by atoms with E-state index in [1.165, 1.54) is 7.11 Å². The van der Waals surface area contributed by atoms with Crippen LogP contribution in [0.4, 0.5) is 0 Å². The first-order valence-electron chi connectivity index (χ1n) is 3.11. The Bertz CT molecular complexity index is 126. The van der Waals surface area contributed by atoms with E-state index in [1.54, 1.807) is 0 Å². The van der Waals surface area contributed by atoms with Crippen LogP contribution in [0.5, 0.6) is 0 Å². The van der Waals surface area contributed by atoms with Gasteiger partial charge in [-0.2, -0.15) is 0 Å². The van der Waals surface area contributed by atoms with E-state index < -0.39 is 0 Å². The molecule has 0 radical (unpaired) electrons. The average Bonchev–Trinajstić information content (AvgIpc) is 1.83. The molecule has 0 N–H and O–H groups in total. The Morgan fingerprint density at radius 2 is 1.90 bits per heavy atom. The van der Waals surface area contributed by atoms with E-state index in [9.17, 15) is 4.79 Å². The zero-order chi connectivity index (χ0) is 8.36. The van der Waals surface area contributed by atoms with Gasteiger partial charge in [-0.1, -0.05) is 36.7 Å². The van der Waals surface area contributed by atoms with Crippen LogP contribution in [-0.4, -0.2) is 17.9 Å². The van der Waals surface area contributed by atoms with Crippen molar-refractivity contribution in [3.8, 4) is 0 Å². The Kier molecular flexibility index (Phi) is 3.36. The van der Waals surface area contributed by atoms with E-state index in [0.717, 1.165) is 0 Å². The van der Waals surface area contributed by atoms with Crippen LogP contribution in [0.1, 0.15) is 20.8 Å². The normalized spacial score (nSPS) is 14.5. The highest BCUT2D eigenvalue weighted by atomic mass is 79.9. The van der Waals surface area contributed by atoms with Crippen LogP contribution in [0.2, 0.25) is 0 Å². The summed E-state index contributed by atoms with van der Waals surface area (Å²) in [4.78, 5) is 10.7. The number of methoxy groups -OCH3 is 1. The molecule has 0 amide bonds. The van der Waals surface area contributed by atoms with Crippen molar-refractivity contribution >= 4 is 21.9 Å². The number of carbonyl (C=O) groups excluding carboxylic acids is 1. The summed E-state index contributed by atoms with van der Waals surface area (Å²) in [5.41, 5.74) is -0.0763. The summed E-state index contributed by atoms with van der Waals surface area (Å²) in [5.74, 6) is -0.215.